The molecule has 0 aliphatic carbocycles. The van der Waals surface area contributed by atoms with Gasteiger partial charge in [0.25, 0.3) is 11.6 Å². The van der Waals surface area contributed by atoms with Crippen molar-refractivity contribution in [2.45, 2.75) is 10.1 Å². The molecule has 5 aromatic carbocycles. The van der Waals surface area contributed by atoms with E-state index in [2.05, 4.69) is 39.9 Å². The molecule has 1 unspecified atom stereocenters. The number of nitro benzene ring substituents is 1. The van der Waals surface area contributed by atoms with E-state index in [1.54, 1.807) is 12.1 Å². The molecule has 1 aromatic heterocycles. The minimum absolute atomic E-state index is 0.155. The van der Waals surface area contributed by atoms with Crippen molar-refractivity contribution >= 4 is 62.2 Å². The van der Waals surface area contributed by atoms with Crippen molar-refractivity contribution in [1.29, 1.82) is 0 Å². The molecule has 1 atom stereocenters. The van der Waals surface area contributed by atoms with E-state index in [-0.39, 0.29) is 17.2 Å². The summed E-state index contributed by atoms with van der Waals surface area (Å²) < 4.78 is 0. The number of carbonyl (C=O) groups is 2. The molecule has 6 rings (SSSR count). The Hall–Kier alpha value is -5.32. The van der Waals surface area contributed by atoms with Gasteiger partial charge in [0.1, 0.15) is 5.25 Å². The summed E-state index contributed by atoms with van der Waals surface area (Å²) in [6.07, 6.45) is 0. The summed E-state index contributed by atoms with van der Waals surface area (Å²) in [5.41, 5.74) is 3.16. The zero-order valence-corrected chi connectivity index (χ0v) is 24.7. The van der Waals surface area contributed by atoms with Crippen LogP contribution in [0.15, 0.2) is 132 Å². The van der Waals surface area contributed by atoms with E-state index in [1.807, 2.05) is 66.0 Å². The lowest BCUT2D eigenvalue weighted by Gasteiger charge is -2.16. The van der Waals surface area contributed by atoms with E-state index in [4.69, 9.17) is 0 Å². The van der Waals surface area contributed by atoms with Gasteiger partial charge in [-0.25, -0.2) is 4.98 Å². The first-order valence-corrected chi connectivity index (χ1v) is 15.3. The first kappa shape index (κ1) is 28.8. The summed E-state index contributed by atoms with van der Waals surface area (Å²) in [5, 5.41) is 21.0. The SMILES string of the molecule is O=C(Nc1ccc(SC(C(=O)Nc2nc(-c3ccc4ccccc4c3)cs2)c2ccccc2)cc1)c1cccc([N+](=O)[O-])c1. The second-order valence-electron chi connectivity index (χ2n) is 9.78. The van der Waals surface area contributed by atoms with Crippen LogP contribution in [-0.2, 0) is 4.79 Å². The average molecular weight is 617 g/mol. The van der Waals surface area contributed by atoms with E-state index < -0.39 is 16.1 Å². The third kappa shape index (κ3) is 6.67. The minimum atomic E-state index is -0.561. The van der Waals surface area contributed by atoms with Gasteiger partial charge in [0.2, 0.25) is 5.91 Å². The summed E-state index contributed by atoms with van der Waals surface area (Å²) in [7, 11) is 0. The maximum Gasteiger partial charge on any atom is 0.270 e. The van der Waals surface area contributed by atoms with E-state index in [9.17, 15) is 19.7 Å². The van der Waals surface area contributed by atoms with Gasteiger partial charge >= 0.3 is 0 Å². The third-order valence-corrected chi connectivity index (χ3v) is 8.83. The van der Waals surface area contributed by atoms with Crippen molar-refractivity contribution < 1.29 is 14.5 Å². The van der Waals surface area contributed by atoms with Gasteiger partial charge in [0.05, 0.1) is 10.6 Å². The van der Waals surface area contributed by atoms with Gasteiger partial charge in [-0.05, 0) is 52.7 Å². The third-order valence-electron chi connectivity index (χ3n) is 6.81. The van der Waals surface area contributed by atoms with Gasteiger partial charge in [-0.15, -0.1) is 23.1 Å². The zero-order chi connectivity index (χ0) is 30.5. The normalized spacial score (nSPS) is 11.5. The molecule has 0 radical (unpaired) electrons. The Bertz CT molecular complexity index is 1980. The molecule has 216 valence electrons. The fraction of sp³-hybridized carbons (Fsp3) is 0.0294. The van der Waals surface area contributed by atoms with Gasteiger partial charge in [-0.2, -0.15) is 0 Å². The molecule has 0 bridgehead atoms. The molecule has 8 nitrogen and oxygen atoms in total. The van der Waals surface area contributed by atoms with Gasteiger partial charge in [0, 0.05) is 39.2 Å². The number of amides is 2. The largest absolute Gasteiger partial charge is 0.322 e. The highest BCUT2D eigenvalue weighted by atomic mass is 32.2. The highest BCUT2D eigenvalue weighted by Crippen LogP contribution is 2.37. The average Bonchev–Trinajstić information content (AvgIpc) is 3.53. The minimum Gasteiger partial charge on any atom is -0.322 e. The van der Waals surface area contributed by atoms with E-state index in [0.717, 1.165) is 32.5 Å². The van der Waals surface area contributed by atoms with Crippen LogP contribution in [0.3, 0.4) is 0 Å². The van der Waals surface area contributed by atoms with E-state index >= 15 is 0 Å². The van der Waals surface area contributed by atoms with Crippen molar-refractivity contribution in [3.8, 4) is 11.3 Å². The number of anilines is 2. The standard InChI is InChI=1S/C34H24N4O4S2/c39-32(26-11-6-12-28(20-26)38(41)42)35-27-15-17-29(18-16-27)44-31(23-8-2-1-3-9-23)33(40)37-34-36-30(21-43-34)25-14-13-22-7-4-5-10-24(22)19-25/h1-21,31H,(H,35,39)(H,36,37,40). The fourth-order valence-electron chi connectivity index (χ4n) is 4.60. The quantitative estimate of drug-likeness (QED) is 0.0955. The number of aromatic nitrogens is 1. The molecule has 0 spiro atoms. The van der Waals surface area contributed by atoms with Crippen LogP contribution in [0.2, 0.25) is 0 Å². The molecule has 0 saturated heterocycles. The molecule has 44 heavy (non-hydrogen) atoms. The molecular formula is C34H24N4O4S2. The number of nitrogens with zero attached hydrogens (tertiary/aromatic N) is 2. The fourth-order valence-corrected chi connectivity index (χ4v) is 6.35. The number of rotatable bonds is 9. The van der Waals surface area contributed by atoms with Crippen LogP contribution in [0.5, 0.6) is 0 Å². The van der Waals surface area contributed by atoms with Gasteiger partial charge in [-0.3, -0.25) is 19.7 Å². The molecule has 0 aliphatic heterocycles. The van der Waals surface area contributed by atoms with Gasteiger partial charge in [0.15, 0.2) is 5.13 Å². The lowest BCUT2D eigenvalue weighted by Crippen LogP contribution is -2.19. The first-order chi connectivity index (χ1) is 21.4. The predicted molar refractivity (Wildman–Crippen MR) is 176 cm³/mol. The highest BCUT2D eigenvalue weighted by molar-refractivity contribution is 8.00. The maximum absolute atomic E-state index is 13.6. The first-order valence-electron chi connectivity index (χ1n) is 13.6. The Morgan fingerprint density at radius 2 is 1.55 bits per heavy atom. The summed E-state index contributed by atoms with van der Waals surface area (Å²) in [6, 6.07) is 36.5. The Kier molecular flexibility index (Phi) is 8.44. The lowest BCUT2D eigenvalue weighted by molar-refractivity contribution is -0.384. The number of benzene rings is 5. The number of nitro groups is 1. The van der Waals surface area contributed by atoms with Crippen LogP contribution < -0.4 is 10.6 Å². The summed E-state index contributed by atoms with van der Waals surface area (Å²) in [5.74, 6) is -0.661. The summed E-state index contributed by atoms with van der Waals surface area (Å²) >= 11 is 2.76. The Labute approximate surface area is 260 Å². The van der Waals surface area contributed by atoms with Crippen LogP contribution in [0.25, 0.3) is 22.0 Å². The smallest absolute Gasteiger partial charge is 0.270 e. The summed E-state index contributed by atoms with van der Waals surface area (Å²) in [4.78, 5) is 42.3. The van der Waals surface area contributed by atoms with Crippen molar-refractivity contribution in [3.05, 3.63) is 148 Å². The number of nitrogens with one attached hydrogen (secondary N) is 2. The van der Waals surface area contributed by atoms with Gasteiger partial charge in [-0.1, -0.05) is 72.8 Å². The number of hydrogen-bond acceptors (Lipinski definition) is 7. The van der Waals surface area contributed by atoms with Crippen LogP contribution in [0.4, 0.5) is 16.5 Å². The monoisotopic (exact) mass is 616 g/mol. The second-order valence-corrected chi connectivity index (χ2v) is 11.8. The van der Waals surface area contributed by atoms with E-state index in [1.165, 1.54) is 47.4 Å². The van der Waals surface area contributed by atoms with Crippen molar-refractivity contribution in [2.24, 2.45) is 0 Å². The Morgan fingerprint density at radius 3 is 2.32 bits per heavy atom. The Morgan fingerprint density at radius 1 is 0.795 bits per heavy atom. The molecule has 2 amide bonds. The van der Waals surface area contributed by atoms with Crippen LogP contribution in [0, 0.1) is 10.1 Å². The summed E-state index contributed by atoms with van der Waals surface area (Å²) in [6.45, 7) is 0. The zero-order valence-electron chi connectivity index (χ0n) is 23.0. The second kappa shape index (κ2) is 12.9. The number of fused-ring (bicyclic) bond motifs is 1. The number of thioether (sulfide) groups is 1. The molecule has 0 fully saturated rings. The van der Waals surface area contributed by atoms with Crippen LogP contribution in [-0.4, -0.2) is 21.7 Å². The molecule has 6 aromatic rings. The molecule has 0 saturated carbocycles. The molecule has 0 aliphatic rings. The Balaban J connectivity index is 1.16. The molecule has 2 N–H and O–H groups in total. The number of hydrogen-bond donors (Lipinski definition) is 2. The topological polar surface area (TPSA) is 114 Å². The van der Waals surface area contributed by atoms with Crippen molar-refractivity contribution in [1.82, 2.24) is 4.98 Å². The maximum atomic E-state index is 13.6. The van der Waals surface area contributed by atoms with Crippen molar-refractivity contribution in [3.63, 3.8) is 0 Å². The molecular weight excluding hydrogens is 593 g/mol. The van der Waals surface area contributed by atoms with Gasteiger partial charge < -0.3 is 10.6 Å². The van der Waals surface area contributed by atoms with Crippen LogP contribution >= 0.6 is 23.1 Å². The molecule has 10 heteroatoms. The van der Waals surface area contributed by atoms with Crippen LogP contribution in [0.1, 0.15) is 21.2 Å². The molecule has 1 heterocycles. The number of carbonyl (C=O) groups excluding carboxylic acids is 2. The van der Waals surface area contributed by atoms with E-state index in [0.29, 0.717) is 10.8 Å². The van der Waals surface area contributed by atoms with Crippen molar-refractivity contribution in [2.75, 3.05) is 10.6 Å². The number of thiazole rings is 1. The lowest BCUT2D eigenvalue weighted by atomic mass is 10.1. The highest BCUT2D eigenvalue weighted by Gasteiger charge is 2.23. The number of non-ortho nitro benzene ring substituents is 1. The predicted octanol–water partition coefficient (Wildman–Crippen LogP) is 8.60.